The van der Waals surface area contributed by atoms with Crippen molar-refractivity contribution in [2.24, 2.45) is 0 Å². The molecule has 0 spiro atoms. The number of carbonyl (C=O) groups excluding carboxylic acids is 1. The number of nitrogen functional groups attached to an aromatic ring is 1. The van der Waals surface area contributed by atoms with Crippen LogP contribution in [0, 0.1) is 0 Å². The lowest BCUT2D eigenvalue weighted by Crippen LogP contribution is -2.18. The molecule has 0 aliphatic heterocycles. The number of hydrogen-bond donors (Lipinski definition) is 3. The predicted molar refractivity (Wildman–Crippen MR) is 77.7 cm³/mol. The fraction of sp³-hybridized carbons (Fsp3) is 0. The number of hydrogen-bond acceptors (Lipinski definition) is 4. The average molecular weight is 336 g/mol. The molecule has 1 aromatic heterocycles. The van der Waals surface area contributed by atoms with Gasteiger partial charge in [0.1, 0.15) is 0 Å². The summed E-state index contributed by atoms with van der Waals surface area (Å²) < 4.78 is 0.459. The number of nitrogens with two attached hydrogens (primary N) is 1. The van der Waals surface area contributed by atoms with Gasteiger partial charge in [-0.2, -0.15) is 0 Å². The number of nitrogens with one attached hydrogen (secondary N) is 1. The molecule has 0 fully saturated rings. The van der Waals surface area contributed by atoms with Gasteiger partial charge in [-0.15, -0.1) is 0 Å². The molecule has 2 rings (SSSR count). The summed E-state index contributed by atoms with van der Waals surface area (Å²) in [5, 5.41) is 11.6. The Labute approximate surface area is 122 Å². The van der Waals surface area contributed by atoms with Crippen molar-refractivity contribution in [2.45, 2.75) is 0 Å². The summed E-state index contributed by atoms with van der Waals surface area (Å²) in [7, 11) is 0. The van der Waals surface area contributed by atoms with E-state index >= 15 is 0 Å². The maximum Gasteiger partial charge on any atom is 0.337 e. The van der Waals surface area contributed by atoms with Gasteiger partial charge in [-0.25, -0.2) is 9.78 Å². The molecule has 4 N–H and O–H groups in total. The molecule has 0 unspecified atom stereocenters. The molecule has 0 atom stereocenters. The fourth-order valence-corrected chi connectivity index (χ4v) is 2.07. The highest BCUT2D eigenvalue weighted by Crippen LogP contribution is 2.27. The molecule has 0 radical (unpaired) electrons. The zero-order valence-corrected chi connectivity index (χ0v) is 11.7. The minimum atomic E-state index is -1.14. The Morgan fingerprint density at radius 1 is 1.25 bits per heavy atom. The molecule has 0 saturated carbocycles. The molecule has 0 bridgehead atoms. The summed E-state index contributed by atoms with van der Waals surface area (Å²) >= 11 is 3.21. The molecule has 20 heavy (non-hydrogen) atoms. The van der Waals surface area contributed by atoms with Crippen LogP contribution < -0.4 is 11.1 Å². The molecule has 1 aromatic carbocycles. The second-order valence-electron chi connectivity index (χ2n) is 3.86. The summed E-state index contributed by atoms with van der Waals surface area (Å²) in [6, 6.07) is 7.74. The SMILES string of the molecule is Nc1cccnc1C(=O)Nc1c(Br)cccc1C(=O)O. The van der Waals surface area contributed by atoms with Crippen molar-refractivity contribution in [3.05, 3.63) is 52.3 Å². The number of benzene rings is 1. The van der Waals surface area contributed by atoms with E-state index in [1.807, 2.05) is 0 Å². The molecule has 1 amide bonds. The van der Waals surface area contributed by atoms with E-state index in [1.54, 1.807) is 24.3 Å². The lowest BCUT2D eigenvalue weighted by molar-refractivity contribution is 0.0698. The molecule has 0 saturated heterocycles. The lowest BCUT2D eigenvalue weighted by Gasteiger charge is -2.11. The third-order valence-corrected chi connectivity index (χ3v) is 3.20. The Kier molecular flexibility index (Phi) is 3.99. The summed E-state index contributed by atoms with van der Waals surface area (Å²) in [5.74, 6) is -1.71. The van der Waals surface area contributed by atoms with Crippen LogP contribution in [0.25, 0.3) is 0 Å². The number of amides is 1. The Bertz CT molecular complexity index is 688. The van der Waals surface area contributed by atoms with Crippen LogP contribution in [0.4, 0.5) is 11.4 Å². The van der Waals surface area contributed by atoms with E-state index in [9.17, 15) is 9.59 Å². The summed E-state index contributed by atoms with van der Waals surface area (Å²) in [6.45, 7) is 0. The van der Waals surface area contributed by atoms with E-state index in [4.69, 9.17) is 10.8 Å². The van der Waals surface area contributed by atoms with Gasteiger partial charge in [-0.3, -0.25) is 4.79 Å². The first-order valence-electron chi connectivity index (χ1n) is 5.54. The minimum absolute atomic E-state index is 0.0257. The molecule has 1 heterocycles. The molecule has 2 aromatic rings. The third kappa shape index (κ3) is 2.77. The maximum atomic E-state index is 12.1. The number of anilines is 2. The number of halogens is 1. The molecule has 102 valence electrons. The molecule has 7 heteroatoms. The number of nitrogens with zero attached hydrogens (tertiary/aromatic N) is 1. The monoisotopic (exact) mass is 335 g/mol. The van der Waals surface area contributed by atoms with Crippen molar-refractivity contribution >= 4 is 39.2 Å². The van der Waals surface area contributed by atoms with Gasteiger partial charge in [-0.05, 0) is 40.2 Å². The Morgan fingerprint density at radius 3 is 2.65 bits per heavy atom. The van der Waals surface area contributed by atoms with Gasteiger partial charge < -0.3 is 16.2 Å². The van der Waals surface area contributed by atoms with Crippen LogP contribution in [0.1, 0.15) is 20.8 Å². The smallest absolute Gasteiger partial charge is 0.337 e. The Balaban J connectivity index is 2.38. The molecule has 0 aliphatic carbocycles. The fourth-order valence-electron chi connectivity index (χ4n) is 1.61. The molecular formula is C13H10BrN3O3. The lowest BCUT2D eigenvalue weighted by atomic mass is 10.1. The normalized spacial score (nSPS) is 10.1. The molecule has 0 aliphatic rings. The number of pyridine rings is 1. The zero-order chi connectivity index (χ0) is 14.7. The van der Waals surface area contributed by atoms with E-state index in [0.29, 0.717) is 4.47 Å². The van der Waals surface area contributed by atoms with Crippen molar-refractivity contribution in [2.75, 3.05) is 11.1 Å². The van der Waals surface area contributed by atoms with Crippen molar-refractivity contribution in [1.29, 1.82) is 0 Å². The van der Waals surface area contributed by atoms with Crippen LogP contribution in [0.15, 0.2) is 41.0 Å². The largest absolute Gasteiger partial charge is 0.478 e. The summed E-state index contributed by atoms with van der Waals surface area (Å²) in [4.78, 5) is 27.1. The number of carbonyl (C=O) groups is 2. The van der Waals surface area contributed by atoms with Gasteiger partial charge in [-0.1, -0.05) is 6.07 Å². The van der Waals surface area contributed by atoms with E-state index in [0.717, 1.165) is 0 Å². The van der Waals surface area contributed by atoms with Gasteiger partial charge >= 0.3 is 5.97 Å². The number of rotatable bonds is 3. The highest BCUT2D eigenvalue weighted by molar-refractivity contribution is 9.10. The van der Waals surface area contributed by atoms with Crippen molar-refractivity contribution < 1.29 is 14.7 Å². The minimum Gasteiger partial charge on any atom is -0.478 e. The van der Waals surface area contributed by atoms with Gasteiger partial charge in [0.05, 0.1) is 16.9 Å². The van der Waals surface area contributed by atoms with Crippen molar-refractivity contribution in [3.63, 3.8) is 0 Å². The number of aromatic carboxylic acids is 1. The standard InChI is InChI=1S/C13H10BrN3O3/c14-8-4-1-3-7(13(19)20)10(8)17-12(18)11-9(15)5-2-6-16-11/h1-6H,15H2,(H,17,18)(H,19,20). The van der Waals surface area contributed by atoms with Gasteiger partial charge in [0.25, 0.3) is 5.91 Å². The first-order chi connectivity index (χ1) is 9.50. The van der Waals surface area contributed by atoms with Crippen molar-refractivity contribution in [3.8, 4) is 0 Å². The quantitative estimate of drug-likeness (QED) is 0.798. The van der Waals surface area contributed by atoms with Gasteiger partial charge in [0.2, 0.25) is 0 Å². The number of aromatic nitrogens is 1. The maximum absolute atomic E-state index is 12.1. The van der Waals surface area contributed by atoms with Gasteiger partial charge in [0, 0.05) is 10.7 Å². The first kappa shape index (κ1) is 14.0. The predicted octanol–water partition coefficient (Wildman–Crippen LogP) is 2.38. The molecule has 6 nitrogen and oxygen atoms in total. The van der Waals surface area contributed by atoms with Crippen LogP contribution in [0.5, 0.6) is 0 Å². The zero-order valence-electron chi connectivity index (χ0n) is 10.1. The topological polar surface area (TPSA) is 105 Å². The van der Waals surface area contributed by atoms with Crippen LogP contribution in [-0.4, -0.2) is 22.0 Å². The van der Waals surface area contributed by atoms with Crippen LogP contribution in [0.2, 0.25) is 0 Å². The number of carboxylic acid groups (broad SMARTS) is 1. The highest BCUT2D eigenvalue weighted by Gasteiger charge is 2.18. The van der Waals surface area contributed by atoms with Crippen LogP contribution in [-0.2, 0) is 0 Å². The van der Waals surface area contributed by atoms with E-state index < -0.39 is 11.9 Å². The number of carboxylic acids is 1. The third-order valence-electron chi connectivity index (χ3n) is 2.54. The Morgan fingerprint density at radius 2 is 2.00 bits per heavy atom. The first-order valence-corrected chi connectivity index (χ1v) is 6.33. The summed E-state index contributed by atoms with van der Waals surface area (Å²) in [6.07, 6.45) is 1.43. The van der Waals surface area contributed by atoms with E-state index in [1.165, 1.54) is 12.3 Å². The van der Waals surface area contributed by atoms with Crippen LogP contribution >= 0.6 is 15.9 Å². The average Bonchev–Trinajstić information content (AvgIpc) is 2.41. The molecular weight excluding hydrogens is 326 g/mol. The highest BCUT2D eigenvalue weighted by atomic mass is 79.9. The van der Waals surface area contributed by atoms with Gasteiger partial charge in [0.15, 0.2) is 5.69 Å². The number of para-hydroxylation sites is 1. The second-order valence-corrected chi connectivity index (χ2v) is 4.72. The Hall–Kier alpha value is -2.41. The van der Waals surface area contributed by atoms with E-state index in [-0.39, 0.29) is 22.6 Å². The van der Waals surface area contributed by atoms with Crippen molar-refractivity contribution in [1.82, 2.24) is 4.98 Å². The summed E-state index contributed by atoms with van der Waals surface area (Å²) in [5.41, 5.74) is 6.05. The van der Waals surface area contributed by atoms with E-state index in [2.05, 4.69) is 26.2 Å². The van der Waals surface area contributed by atoms with Crippen LogP contribution in [0.3, 0.4) is 0 Å². The second kappa shape index (κ2) is 5.70.